The molecular formula is C12H17F2N. The quantitative estimate of drug-likeness (QED) is 0.810. The second-order valence-corrected chi connectivity index (χ2v) is 3.80. The molecule has 1 aromatic rings. The second kappa shape index (κ2) is 4.71. The molecule has 0 aliphatic rings. The van der Waals surface area contributed by atoms with E-state index in [-0.39, 0.29) is 0 Å². The molecule has 1 rings (SSSR count). The van der Waals surface area contributed by atoms with Crippen molar-refractivity contribution in [3.8, 4) is 0 Å². The van der Waals surface area contributed by atoms with Gasteiger partial charge in [-0.05, 0) is 31.5 Å². The van der Waals surface area contributed by atoms with Crippen molar-refractivity contribution in [2.75, 3.05) is 7.05 Å². The highest BCUT2D eigenvalue weighted by Crippen LogP contribution is 2.27. The zero-order valence-corrected chi connectivity index (χ0v) is 9.35. The van der Waals surface area contributed by atoms with Gasteiger partial charge < -0.3 is 5.32 Å². The molecule has 0 aliphatic carbocycles. The van der Waals surface area contributed by atoms with Gasteiger partial charge in [-0.1, -0.05) is 31.2 Å². The summed E-state index contributed by atoms with van der Waals surface area (Å²) in [6.45, 7) is 3.55. The Bertz CT molecular complexity index is 308. The van der Waals surface area contributed by atoms with Crippen LogP contribution in [-0.4, -0.2) is 13.5 Å². The number of halogens is 2. The fourth-order valence-electron chi connectivity index (χ4n) is 1.47. The number of alkyl halides is 2. The number of hydrogen-bond acceptors (Lipinski definition) is 1. The molecule has 84 valence electrons. The van der Waals surface area contributed by atoms with Gasteiger partial charge in [-0.25, -0.2) is 8.78 Å². The number of aryl methyl sites for hydroxylation is 1. The average molecular weight is 213 g/mol. The van der Waals surface area contributed by atoms with Crippen molar-refractivity contribution >= 4 is 0 Å². The summed E-state index contributed by atoms with van der Waals surface area (Å²) in [4.78, 5) is 0. The number of benzene rings is 1. The number of nitrogens with one attached hydrogen (secondary N) is 1. The molecule has 0 heterocycles. The maximum absolute atomic E-state index is 12.9. The van der Waals surface area contributed by atoms with Gasteiger partial charge in [0.05, 0.1) is 0 Å². The van der Waals surface area contributed by atoms with E-state index in [0.717, 1.165) is 12.0 Å². The topological polar surface area (TPSA) is 12.0 Å². The molecule has 0 saturated carbocycles. The Kier molecular flexibility index (Phi) is 3.80. The Hall–Kier alpha value is -0.960. The van der Waals surface area contributed by atoms with Gasteiger partial charge in [0.25, 0.3) is 6.43 Å². The van der Waals surface area contributed by atoms with Crippen LogP contribution in [0.1, 0.15) is 25.0 Å². The minimum absolute atomic E-state index is 0.622. The van der Waals surface area contributed by atoms with Crippen LogP contribution < -0.4 is 5.32 Å². The lowest BCUT2D eigenvalue weighted by molar-refractivity contribution is 0.0432. The van der Waals surface area contributed by atoms with Crippen molar-refractivity contribution < 1.29 is 8.78 Å². The highest BCUT2D eigenvalue weighted by molar-refractivity contribution is 5.28. The van der Waals surface area contributed by atoms with Crippen LogP contribution in [0.4, 0.5) is 8.78 Å². The van der Waals surface area contributed by atoms with E-state index in [4.69, 9.17) is 0 Å². The Labute approximate surface area is 89.5 Å². The Morgan fingerprint density at radius 1 is 1.27 bits per heavy atom. The maximum Gasteiger partial charge on any atom is 0.260 e. The summed E-state index contributed by atoms with van der Waals surface area (Å²) in [6, 6.07) is 7.32. The minimum Gasteiger partial charge on any atom is -0.306 e. The van der Waals surface area contributed by atoms with E-state index < -0.39 is 12.0 Å². The zero-order chi connectivity index (χ0) is 11.5. The summed E-state index contributed by atoms with van der Waals surface area (Å²) in [5.41, 5.74) is 0.524. The van der Waals surface area contributed by atoms with Crippen molar-refractivity contribution in [1.29, 1.82) is 0 Å². The fraction of sp³-hybridized carbons (Fsp3) is 0.500. The molecule has 0 aliphatic heterocycles. The van der Waals surface area contributed by atoms with Crippen molar-refractivity contribution in [3.05, 3.63) is 35.4 Å². The molecule has 0 fully saturated rings. The molecule has 0 radical (unpaired) electrons. The third-order valence-corrected chi connectivity index (χ3v) is 2.92. The number of rotatable bonds is 4. The van der Waals surface area contributed by atoms with E-state index in [1.165, 1.54) is 6.92 Å². The van der Waals surface area contributed by atoms with Crippen LogP contribution in [-0.2, 0) is 12.0 Å². The third kappa shape index (κ3) is 2.34. The van der Waals surface area contributed by atoms with Gasteiger partial charge in [-0.3, -0.25) is 0 Å². The first-order chi connectivity index (χ1) is 7.04. The van der Waals surface area contributed by atoms with Crippen LogP contribution in [0, 0.1) is 0 Å². The molecule has 0 aromatic heterocycles. The fourth-order valence-corrected chi connectivity index (χ4v) is 1.47. The summed E-state index contributed by atoms with van der Waals surface area (Å²) in [5, 5.41) is 2.68. The SMILES string of the molecule is CCc1ccc(C(C)(NC)C(F)F)cc1. The van der Waals surface area contributed by atoms with E-state index in [9.17, 15) is 8.78 Å². The largest absolute Gasteiger partial charge is 0.306 e. The van der Waals surface area contributed by atoms with Crippen LogP contribution in [0.5, 0.6) is 0 Å². The predicted octanol–water partition coefficient (Wildman–Crippen LogP) is 2.95. The minimum atomic E-state index is -2.42. The first-order valence-electron chi connectivity index (χ1n) is 5.11. The van der Waals surface area contributed by atoms with Gasteiger partial charge in [0, 0.05) is 0 Å². The van der Waals surface area contributed by atoms with E-state index in [0.29, 0.717) is 5.56 Å². The van der Waals surface area contributed by atoms with E-state index in [1.54, 1.807) is 19.2 Å². The van der Waals surface area contributed by atoms with Crippen molar-refractivity contribution in [3.63, 3.8) is 0 Å². The van der Waals surface area contributed by atoms with Crippen molar-refractivity contribution in [1.82, 2.24) is 5.32 Å². The Morgan fingerprint density at radius 3 is 2.13 bits per heavy atom. The predicted molar refractivity (Wildman–Crippen MR) is 58.2 cm³/mol. The highest BCUT2D eigenvalue weighted by Gasteiger charge is 2.34. The van der Waals surface area contributed by atoms with Crippen LogP contribution in [0.25, 0.3) is 0 Å². The van der Waals surface area contributed by atoms with Crippen molar-refractivity contribution in [2.24, 2.45) is 0 Å². The lowest BCUT2D eigenvalue weighted by Crippen LogP contribution is -2.43. The van der Waals surface area contributed by atoms with Gasteiger partial charge in [0.1, 0.15) is 5.54 Å². The smallest absolute Gasteiger partial charge is 0.260 e. The lowest BCUT2D eigenvalue weighted by atomic mass is 9.91. The molecule has 1 aromatic carbocycles. The summed E-state index contributed by atoms with van der Waals surface area (Å²) in [5.74, 6) is 0. The van der Waals surface area contributed by atoms with Gasteiger partial charge >= 0.3 is 0 Å². The molecule has 0 saturated heterocycles. The molecule has 1 nitrogen and oxygen atoms in total. The summed E-state index contributed by atoms with van der Waals surface area (Å²) in [7, 11) is 1.56. The lowest BCUT2D eigenvalue weighted by Gasteiger charge is -2.28. The Balaban J connectivity index is 3.03. The first kappa shape index (κ1) is 12.1. The highest BCUT2D eigenvalue weighted by atomic mass is 19.3. The summed E-state index contributed by atoms with van der Waals surface area (Å²) < 4.78 is 25.8. The molecule has 1 N–H and O–H groups in total. The van der Waals surface area contributed by atoms with Gasteiger partial charge in [0.15, 0.2) is 0 Å². The normalized spacial score (nSPS) is 15.3. The monoisotopic (exact) mass is 213 g/mol. The Morgan fingerprint density at radius 2 is 1.80 bits per heavy atom. The van der Waals surface area contributed by atoms with Crippen LogP contribution in [0.2, 0.25) is 0 Å². The molecule has 0 amide bonds. The van der Waals surface area contributed by atoms with E-state index >= 15 is 0 Å². The third-order valence-electron chi connectivity index (χ3n) is 2.92. The molecule has 15 heavy (non-hydrogen) atoms. The van der Waals surface area contributed by atoms with Crippen molar-refractivity contribution in [2.45, 2.75) is 32.2 Å². The summed E-state index contributed by atoms with van der Waals surface area (Å²) >= 11 is 0. The van der Waals surface area contributed by atoms with Gasteiger partial charge in [-0.2, -0.15) is 0 Å². The van der Waals surface area contributed by atoms with E-state index in [1.807, 2.05) is 19.1 Å². The van der Waals surface area contributed by atoms with Gasteiger partial charge in [0.2, 0.25) is 0 Å². The van der Waals surface area contributed by atoms with Crippen LogP contribution in [0.3, 0.4) is 0 Å². The van der Waals surface area contributed by atoms with E-state index in [2.05, 4.69) is 5.32 Å². The molecule has 1 atom stereocenters. The molecule has 1 unspecified atom stereocenters. The average Bonchev–Trinajstić information content (AvgIpc) is 2.28. The standard InChI is InChI=1S/C12H17F2N/c1-4-9-5-7-10(8-6-9)12(2,15-3)11(13)14/h5-8,11,15H,4H2,1-3H3. The second-order valence-electron chi connectivity index (χ2n) is 3.80. The molecule has 3 heteroatoms. The maximum atomic E-state index is 12.9. The zero-order valence-electron chi connectivity index (χ0n) is 9.35. The van der Waals surface area contributed by atoms with Crippen LogP contribution >= 0.6 is 0 Å². The first-order valence-corrected chi connectivity index (χ1v) is 5.11. The number of hydrogen-bond donors (Lipinski definition) is 1. The molecule has 0 spiro atoms. The summed E-state index contributed by atoms with van der Waals surface area (Å²) in [6.07, 6.45) is -1.50. The molecular weight excluding hydrogens is 196 g/mol. The van der Waals surface area contributed by atoms with Crippen LogP contribution in [0.15, 0.2) is 24.3 Å². The molecule has 0 bridgehead atoms. The van der Waals surface area contributed by atoms with Gasteiger partial charge in [-0.15, -0.1) is 0 Å².